The first-order valence-corrected chi connectivity index (χ1v) is 45.5. The standard InChI is InChI=1S/C25H30F3N3O3.C25H32F3N3O.C25H34N4O3.C24H32ClN3O/c1-2-3-11-30-12-9-21(10-13-30)31(16-18-7-8-22-23(14-18)34-17-33-22)24(32)29-20-6-4-5-19(15-20)25(26,27)28;1-19(2)11-14-30-15-12-23(13-16-30)31(18-20-7-4-3-5-8-20)24(32)29-22-10-6-9-21(17-22)25(26,27)28;1-4-8-20(3)27-15-13-23(14-16-27)28(18-21-9-6-5-7-10-21)25(30)26-22-12-11-19(2)24(17-22)29(31)32;1-3-8-19(2)27-15-13-23(14-16-27)28(18-20-9-5-4-6-10-20)24(29)26-22-12-7-11-21(25)17-22/h4-8,14-15,21H,2-3,9-13,16-17H2,1H3,(H,29,32);3-10,17,19,23H,11-16,18H2,1-2H3,(H,29,32);5-7,9-12,17,20,23H,4,8,13-16,18H2,1-3H3,(H,26,30);4-7,9-12,17,19,23H,3,8,13-16,18H2,1-2H3,(H,26,29). The molecule has 5 heterocycles. The number of alkyl halides is 6. The number of anilines is 4. The Kier molecular flexibility index (Phi) is 38.2. The quantitative estimate of drug-likeness (QED) is 0.0196. The summed E-state index contributed by atoms with van der Waals surface area (Å²) in [6.45, 7) is 29.1. The van der Waals surface area contributed by atoms with Gasteiger partial charge in [0.2, 0.25) is 6.79 Å². The summed E-state index contributed by atoms with van der Waals surface area (Å²) in [5.74, 6) is 1.94. The van der Waals surface area contributed by atoms with Gasteiger partial charge in [0, 0.05) is 154 Å². The lowest BCUT2D eigenvalue weighted by Crippen LogP contribution is -2.50. The first-order chi connectivity index (χ1) is 61.0. The highest BCUT2D eigenvalue weighted by molar-refractivity contribution is 6.30. The minimum Gasteiger partial charge on any atom is -0.454 e. The number of hydrogen-bond acceptors (Lipinski definition) is 12. The minimum atomic E-state index is -4.47. The number of fused-ring (bicyclic) bond motifs is 1. The fourth-order valence-corrected chi connectivity index (χ4v) is 17.2. The molecule has 8 aromatic rings. The Labute approximate surface area is 751 Å². The number of nitrogens with one attached hydrogen (secondary N) is 4. The van der Waals surface area contributed by atoms with Gasteiger partial charge in [0.25, 0.3) is 5.69 Å². The number of piperidine rings is 4. The molecular formula is C99H128ClF6N13O8. The molecule has 4 saturated heterocycles. The van der Waals surface area contributed by atoms with E-state index in [1.165, 1.54) is 56.0 Å². The Balaban J connectivity index is 0.000000177. The maximum Gasteiger partial charge on any atom is 0.416 e. The van der Waals surface area contributed by atoms with Gasteiger partial charge < -0.3 is 69.9 Å². The zero-order valence-electron chi connectivity index (χ0n) is 74.7. The highest BCUT2D eigenvalue weighted by atomic mass is 35.5. The van der Waals surface area contributed by atoms with Gasteiger partial charge >= 0.3 is 36.5 Å². The fraction of sp³-hybridized carbons (Fsp3) is 0.475. The van der Waals surface area contributed by atoms with Crippen molar-refractivity contribution in [2.45, 2.75) is 226 Å². The van der Waals surface area contributed by atoms with Gasteiger partial charge in [0.15, 0.2) is 11.5 Å². The molecule has 0 saturated carbocycles. The van der Waals surface area contributed by atoms with Gasteiger partial charge in [-0.15, -0.1) is 0 Å². The maximum atomic E-state index is 13.3. The van der Waals surface area contributed by atoms with Gasteiger partial charge in [0.1, 0.15) is 0 Å². The summed E-state index contributed by atoms with van der Waals surface area (Å²) >= 11 is 6.09. The molecule has 0 aliphatic carbocycles. The molecule has 0 bridgehead atoms. The van der Waals surface area contributed by atoms with Gasteiger partial charge in [-0.1, -0.05) is 187 Å². The van der Waals surface area contributed by atoms with Crippen molar-refractivity contribution in [3.63, 3.8) is 0 Å². The number of urea groups is 4. The van der Waals surface area contributed by atoms with Gasteiger partial charge in [-0.25, -0.2) is 19.2 Å². The molecule has 8 aromatic carbocycles. The molecule has 4 N–H and O–H groups in total. The molecule has 2 atom stereocenters. The van der Waals surface area contributed by atoms with Crippen molar-refractivity contribution >= 4 is 64.2 Å². The average molecular weight is 1780 g/mol. The second kappa shape index (κ2) is 49.2. The Hall–Kier alpha value is -10.5. The lowest BCUT2D eigenvalue weighted by Gasteiger charge is -2.40. The Bertz CT molecular complexity index is 4720. The van der Waals surface area contributed by atoms with Gasteiger partial charge in [-0.3, -0.25) is 10.1 Å². The Morgan fingerprint density at radius 2 is 0.803 bits per heavy atom. The second-order valence-electron chi connectivity index (χ2n) is 34.3. The third-order valence-electron chi connectivity index (χ3n) is 24.4. The number of halogens is 7. The van der Waals surface area contributed by atoms with Crippen LogP contribution in [-0.2, 0) is 38.5 Å². The number of carbonyl (C=O) groups excluding carboxylic acids is 4. The summed E-state index contributed by atoms with van der Waals surface area (Å²) in [7, 11) is 0. The van der Waals surface area contributed by atoms with Crippen molar-refractivity contribution in [2.75, 3.05) is 93.5 Å². The zero-order chi connectivity index (χ0) is 91.0. The van der Waals surface area contributed by atoms with E-state index in [9.17, 15) is 55.6 Å². The lowest BCUT2D eigenvalue weighted by atomic mass is 10.00. The first-order valence-electron chi connectivity index (χ1n) is 45.1. The minimum absolute atomic E-state index is 0.00984. The summed E-state index contributed by atoms with van der Waals surface area (Å²) in [4.78, 5) is 81.2. The zero-order valence-corrected chi connectivity index (χ0v) is 75.5. The van der Waals surface area contributed by atoms with Crippen LogP contribution in [0.2, 0.25) is 5.02 Å². The maximum absolute atomic E-state index is 13.3. The molecule has 8 amide bonds. The van der Waals surface area contributed by atoms with E-state index in [1.807, 2.05) is 125 Å². The molecule has 127 heavy (non-hydrogen) atoms. The van der Waals surface area contributed by atoms with Crippen LogP contribution in [0.25, 0.3) is 0 Å². The van der Waals surface area contributed by atoms with Crippen LogP contribution in [0.15, 0.2) is 200 Å². The number of rotatable bonds is 29. The second-order valence-corrected chi connectivity index (χ2v) is 34.7. The number of nitrogens with zero attached hydrogens (tertiary/aromatic N) is 9. The summed E-state index contributed by atoms with van der Waals surface area (Å²) < 4.78 is 89.4. The molecule has 4 fully saturated rings. The topological polar surface area (TPSA) is 204 Å². The van der Waals surface area contributed by atoms with E-state index in [-0.39, 0.29) is 66.1 Å². The summed E-state index contributed by atoms with van der Waals surface area (Å²) in [6, 6.07) is 57.6. The van der Waals surface area contributed by atoms with Crippen molar-refractivity contribution in [2.24, 2.45) is 5.92 Å². The number of ether oxygens (including phenoxy) is 2. The summed E-state index contributed by atoms with van der Waals surface area (Å²) in [6.07, 6.45) is 6.46. The first kappa shape index (κ1) is 98.7. The van der Waals surface area contributed by atoms with Crippen molar-refractivity contribution in [1.82, 2.24) is 39.2 Å². The van der Waals surface area contributed by atoms with Crippen LogP contribution in [0, 0.1) is 23.0 Å². The van der Waals surface area contributed by atoms with E-state index in [0.29, 0.717) is 72.0 Å². The van der Waals surface area contributed by atoms with E-state index >= 15 is 0 Å². The van der Waals surface area contributed by atoms with Crippen LogP contribution < -0.4 is 30.7 Å². The third kappa shape index (κ3) is 31.2. The van der Waals surface area contributed by atoms with E-state index < -0.39 is 34.4 Å². The molecule has 5 aliphatic heterocycles. The van der Waals surface area contributed by atoms with Crippen molar-refractivity contribution in [3.05, 3.63) is 254 Å². The Morgan fingerprint density at radius 1 is 0.433 bits per heavy atom. The summed E-state index contributed by atoms with van der Waals surface area (Å²) in [5.41, 5.74) is 4.54. The highest BCUT2D eigenvalue weighted by Crippen LogP contribution is 2.37. The van der Waals surface area contributed by atoms with Crippen LogP contribution in [0.3, 0.4) is 0 Å². The molecule has 21 nitrogen and oxygen atoms in total. The van der Waals surface area contributed by atoms with Crippen LogP contribution in [0.1, 0.15) is 184 Å². The number of benzene rings is 8. The largest absolute Gasteiger partial charge is 0.454 e. The van der Waals surface area contributed by atoms with Gasteiger partial charge in [0.05, 0.1) is 16.1 Å². The molecule has 5 aliphatic rings. The van der Waals surface area contributed by atoms with E-state index in [0.717, 1.165) is 188 Å². The van der Waals surface area contributed by atoms with Crippen molar-refractivity contribution in [3.8, 4) is 11.5 Å². The molecule has 0 radical (unpaired) electrons. The van der Waals surface area contributed by atoms with Crippen molar-refractivity contribution < 1.29 is 59.9 Å². The fourth-order valence-electron chi connectivity index (χ4n) is 17.0. The van der Waals surface area contributed by atoms with E-state index in [2.05, 4.69) is 101 Å². The van der Waals surface area contributed by atoms with Crippen molar-refractivity contribution in [1.29, 1.82) is 0 Å². The number of carbonyl (C=O) groups is 4. The number of amides is 8. The van der Waals surface area contributed by atoms with Gasteiger partial charge in [-0.05, 0) is 212 Å². The highest BCUT2D eigenvalue weighted by Gasteiger charge is 2.37. The van der Waals surface area contributed by atoms with Crippen LogP contribution in [-0.4, -0.2) is 177 Å². The number of unbranched alkanes of at least 4 members (excludes halogenated alkanes) is 1. The van der Waals surface area contributed by atoms with E-state index in [1.54, 1.807) is 34.9 Å². The number of aryl methyl sites for hydroxylation is 1. The number of nitro benzene ring substituents is 1. The monoisotopic (exact) mass is 1780 g/mol. The van der Waals surface area contributed by atoms with Gasteiger partial charge in [-0.2, -0.15) is 26.3 Å². The average Bonchev–Trinajstić information content (AvgIpc) is 1.77. The smallest absolute Gasteiger partial charge is 0.416 e. The third-order valence-corrected chi connectivity index (χ3v) is 24.7. The Morgan fingerprint density at radius 3 is 1.18 bits per heavy atom. The molecule has 2 unspecified atom stereocenters. The predicted octanol–water partition coefficient (Wildman–Crippen LogP) is 23.6. The predicted molar refractivity (Wildman–Crippen MR) is 494 cm³/mol. The number of nitro groups is 1. The van der Waals surface area contributed by atoms with Crippen LogP contribution >= 0.6 is 11.6 Å². The molecule has 13 rings (SSSR count). The SMILES string of the molecule is CC(C)CCN1CCC(N(Cc2ccccc2)C(=O)Nc2cccc(C(F)(F)F)c2)CC1.CCCC(C)N1CCC(N(Cc2ccccc2)C(=O)Nc2ccc(C)c([N+](=O)[O-])c2)CC1.CCCC(C)N1CCC(N(Cc2ccccc2)C(=O)Nc2cccc(Cl)c2)CC1.CCCCN1CCC(N(Cc2ccc3c(c2)OCO3)C(=O)Nc2cccc(C(F)(F)F)c2)CC1. The lowest BCUT2D eigenvalue weighted by molar-refractivity contribution is -0.385. The molecule has 0 aromatic heterocycles. The molecular weight excluding hydrogens is 1650 g/mol. The molecule has 28 heteroatoms. The number of hydrogen-bond donors (Lipinski definition) is 4. The molecule has 686 valence electrons. The molecule has 0 spiro atoms. The van der Waals surface area contributed by atoms with E-state index in [4.69, 9.17) is 21.1 Å². The van der Waals surface area contributed by atoms with Crippen LogP contribution in [0.4, 0.5) is 74.0 Å². The number of likely N-dealkylation sites (tertiary alicyclic amines) is 4. The van der Waals surface area contributed by atoms with Crippen LogP contribution in [0.5, 0.6) is 11.5 Å². The normalized spacial score (nSPS) is 16.1. The summed E-state index contributed by atoms with van der Waals surface area (Å²) in [5, 5.41) is 23.2.